The number of hydrogen-bond donors (Lipinski definition) is 2. The zero-order chi connectivity index (χ0) is 27.8. The van der Waals surface area contributed by atoms with Crippen LogP contribution in [0.25, 0.3) is 22.0 Å². The van der Waals surface area contributed by atoms with E-state index < -0.39 is 5.97 Å². The molecule has 1 aliphatic carbocycles. The lowest BCUT2D eigenvalue weighted by Crippen LogP contribution is -2.26. The summed E-state index contributed by atoms with van der Waals surface area (Å²) in [6, 6.07) is 29.1. The third kappa shape index (κ3) is 5.13. The highest BCUT2D eigenvalue weighted by Crippen LogP contribution is 2.40. The van der Waals surface area contributed by atoms with E-state index in [1.807, 2.05) is 73.1 Å². The van der Waals surface area contributed by atoms with Crippen LogP contribution in [0.1, 0.15) is 74.8 Å². The average molecular weight is 530 g/mol. The molecule has 40 heavy (non-hydrogen) atoms. The number of carbonyl (C=O) groups excluding carboxylic acids is 1. The quantitative estimate of drug-likeness (QED) is 0.224. The van der Waals surface area contributed by atoms with E-state index in [9.17, 15) is 14.7 Å². The van der Waals surface area contributed by atoms with Crippen molar-refractivity contribution in [3.05, 3.63) is 125 Å². The maximum atomic E-state index is 13.2. The van der Waals surface area contributed by atoms with Crippen molar-refractivity contribution in [1.29, 1.82) is 0 Å². The molecule has 2 N–H and O–H groups in total. The Morgan fingerprint density at radius 3 is 2.50 bits per heavy atom. The van der Waals surface area contributed by atoms with E-state index in [0.29, 0.717) is 23.6 Å². The smallest absolute Gasteiger partial charge is 0.336 e. The van der Waals surface area contributed by atoms with Crippen LogP contribution in [0.15, 0.2) is 91.0 Å². The summed E-state index contributed by atoms with van der Waals surface area (Å²) >= 11 is 0. The Morgan fingerprint density at radius 1 is 0.975 bits per heavy atom. The molecule has 4 aromatic carbocycles. The molecule has 1 amide bonds. The second kappa shape index (κ2) is 10.5. The molecule has 6 nitrogen and oxygen atoms in total. The van der Waals surface area contributed by atoms with Gasteiger partial charge in [-0.2, -0.15) is 5.10 Å². The molecule has 1 heterocycles. The summed E-state index contributed by atoms with van der Waals surface area (Å²) in [5.74, 6) is -0.365. The van der Waals surface area contributed by atoms with Gasteiger partial charge in [-0.3, -0.25) is 9.48 Å². The van der Waals surface area contributed by atoms with Crippen LogP contribution >= 0.6 is 0 Å². The first kappa shape index (κ1) is 25.6. The van der Waals surface area contributed by atoms with Crippen LogP contribution in [0.2, 0.25) is 0 Å². The number of aromatic nitrogens is 2. The summed E-state index contributed by atoms with van der Waals surface area (Å²) in [6.07, 6.45) is 2.51. The first-order valence-corrected chi connectivity index (χ1v) is 13.7. The van der Waals surface area contributed by atoms with Gasteiger partial charge in [-0.15, -0.1) is 0 Å². The van der Waals surface area contributed by atoms with Gasteiger partial charge in [-0.05, 0) is 84.7 Å². The summed E-state index contributed by atoms with van der Waals surface area (Å²) < 4.78 is 1.94. The molecule has 0 radical (unpaired) electrons. The molecule has 0 saturated heterocycles. The zero-order valence-electron chi connectivity index (χ0n) is 22.6. The molecular weight excluding hydrogens is 498 g/mol. The molecule has 1 atom stereocenters. The summed E-state index contributed by atoms with van der Waals surface area (Å²) in [5.41, 5.74) is 7.80. The molecule has 1 aliphatic rings. The number of aromatic carboxylic acids is 1. The largest absolute Gasteiger partial charge is 0.478 e. The summed E-state index contributed by atoms with van der Waals surface area (Å²) in [7, 11) is 0. The second-order valence-electron chi connectivity index (χ2n) is 10.7. The molecule has 6 rings (SSSR count). The van der Waals surface area contributed by atoms with E-state index in [1.54, 1.807) is 12.1 Å². The molecule has 0 bridgehead atoms. The van der Waals surface area contributed by atoms with Crippen molar-refractivity contribution < 1.29 is 14.7 Å². The molecule has 0 unspecified atom stereocenters. The third-order valence-corrected chi connectivity index (χ3v) is 7.76. The molecule has 5 aromatic rings. The molecule has 1 aromatic heterocycles. The van der Waals surface area contributed by atoms with Crippen LogP contribution < -0.4 is 5.32 Å². The number of amides is 1. The van der Waals surface area contributed by atoms with E-state index in [1.165, 1.54) is 18.4 Å². The summed E-state index contributed by atoms with van der Waals surface area (Å²) in [4.78, 5) is 24.8. The predicted octanol–water partition coefficient (Wildman–Crippen LogP) is 7.13. The van der Waals surface area contributed by atoms with Crippen molar-refractivity contribution in [3.63, 3.8) is 0 Å². The Kier molecular flexibility index (Phi) is 6.68. The highest BCUT2D eigenvalue weighted by Gasteiger charge is 2.24. The number of aryl methyl sites for hydroxylation is 1. The number of carbonyl (C=O) groups is 2. The van der Waals surface area contributed by atoms with Crippen LogP contribution in [0.5, 0.6) is 0 Å². The number of benzene rings is 4. The van der Waals surface area contributed by atoms with Crippen molar-refractivity contribution in [2.75, 3.05) is 0 Å². The SMILES string of the molecule is Cc1nn(Cc2ccc(-c3ccccc3C(=O)O)cc2)c2ccc(C(=O)N[C@@H](C)c3cccc(C4CC4)c3)cc12. The van der Waals surface area contributed by atoms with Crippen LogP contribution in [0.4, 0.5) is 0 Å². The lowest BCUT2D eigenvalue weighted by Gasteiger charge is -2.15. The van der Waals surface area contributed by atoms with E-state index in [4.69, 9.17) is 5.10 Å². The van der Waals surface area contributed by atoms with Crippen LogP contribution in [0.3, 0.4) is 0 Å². The highest BCUT2D eigenvalue weighted by molar-refractivity contribution is 5.99. The molecule has 1 saturated carbocycles. The van der Waals surface area contributed by atoms with E-state index in [2.05, 4.69) is 29.6 Å². The Bertz CT molecular complexity index is 1730. The normalized spacial score (nSPS) is 13.8. The van der Waals surface area contributed by atoms with Crippen molar-refractivity contribution in [2.24, 2.45) is 0 Å². The highest BCUT2D eigenvalue weighted by atomic mass is 16.4. The third-order valence-electron chi connectivity index (χ3n) is 7.76. The van der Waals surface area contributed by atoms with Crippen LogP contribution in [-0.2, 0) is 6.54 Å². The van der Waals surface area contributed by atoms with Gasteiger partial charge in [0.1, 0.15) is 0 Å². The van der Waals surface area contributed by atoms with Gasteiger partial charge >= 0.3 is 5.97 Å². The maximum Gasteiger partial charge on any atom is 0.336 e. The van der Waals surface area contributed by atoms with Gasteiger partial charge in [-0.1, -0.05) is 66.7 Å². The fraction of sp³-hybridized carbons (Fsp3) is 0.206. The number of fused-ring (bicyclic) bond motifs is 1. The van der Waals surface area contributed by atoms with Gasteiger partial charge in [0.05, 0.1) is 29.4 Å². The number of nitrogens with zero attached hydrogens (tertiary/aromatic N) is 2. The fourth-order valence-corrected chi connectivity index (χ4v) is 5.35. The Morgan fingerprint density at radius 2 is 1.75 bits per heavy atom. The summed E-state index contributed by atoms with van der Waals surface area (Å²) in [5, 5.41) is 18.4. The number of rotatable bonds is 8. The van der Waals surface area contributed by atoms with Gasteiger partial charge < -0.3 is 10.4 Å². The van der Waals surface area contributed by atoms with Gasteiger partial charge in [0, 0.05) is 10.9 Å². The number of carboxylic acid groups (broad SMARTS) is 1. The number of carboxylic acids is 1. The molecule has 1 fully saturated rings. The maximum absolute atomic E-state index is 13.2. The topological polar surface area (TPSA) is 84.2 Å². The lowest BCUT2D eigenvalue weighted by molar-refractivity contribution is 0.0697. The van der Waals surface area contributed by atoms with Gasteiger partial charge in [0.2, 0.25) is 0 Å². The zero-order valence-corrected chi connectivity index (χ0v) is 22.6. The Hall–Kier alpha value is -4.71. The summed E-state index contributed by atoms with van der Waals surface area (Å²) in [6.45, 7) is 4.54. The standard InChI is InChI=1S/C34H31N3O3/c1-21(26-6-5-7-27(18-26)24-14-15-24)35-33(38)28-16-17-32-31(19-28)22(2)36-37(32)20-23-10-12-25(13-11-23)29-8-3-4-9-30(29)34(39)40/h3-13,16-19,21,24H,14-15,20H2,1-2H3,(H,35,38)(H,39,40)/t21-/m0/s1. The molecule has 0 spiro atoms. The Balaban J connectivity index is 1.19. The van der Waals surface area contributed by atoms with Gasteiger partial charge in [0.15, 0.2) is 0 Å². The first-order valence-electron chi connectivity index (χ1n) is 13.7. The monoisotopic (exact) mass is 529 g/mol. The first-order chi connectivity index (χ1) is 19.4. The van der Waals surface area contributed by atoms with Crippen molar-refractivity contribution in [1.82, 2.24) is 15.1 Å². The molecule has 6 heteroatoms. The fourth-order valence-electron chi connectivity index (χ4n) is 5.35. The number of hydrogen-bond acceptors (Lipinski definition) is 3. The van der Waals surface area contributed by atoms with E-state index in [-0.39, 0.29) is 17.5 Å². The molecule has 0 aliphatic heterocycles. The number of nitrogens with one attached hydrogen (secondary N) is 1. The minimum Gasteiger partial charge on any atom is -0.478 e. The van der Waals surface area contributed by atoms with Crippen molar-refractivity contribution >= 4 is 22.8 Å². The van der Waals surface area contributed by atoms with Gasteiger partial charge in [-0.25, -0.2) is 4.79 Å². The molecule has 200 valence electrons. The Labute approximate surface area is 233 Å². The van der Waals surface area contributed by atoms with E-state index >= 15 is 0 Å². The predicted molar refractivity (Wildman–Crippen MR) is 157 cm³/mol. The van der Waals surface area contributed by atoms with Gasteiger partial charge in [0.25, 0.3) is 5.91 Å². The lowest BCUT2D eigenvalue weighted by atomic mass is 9.99. The minimum atomic E-state index is -0.941. The second-order valence-corrected chi connectivity index (χ2v) is 10.7. The molecular formula is C34H31N3O3. The van der Waals surface area contributed by atoms with Crippen molar-refractivity contribution in [2.45, 2.75) is 45.2 Å². The van der Waals surface area contributed by atoms with Crippen molar-refractivity contribution in [3.8, 4) is 11.1 Å². The minimum absolute atomic E-state index is 0.0869. The van der Waals surface area contributed by atoms with Crippen LogP contribution in [-0.4, -0.2) is 26.8 Å². The van der Waals surface area contributed by atoms with E-state index in [0.717, 1.165) is 33.3 Å². The van der Waals surface area contributed by atoms with Crippen LogP contribution in [0, 0.1) is 6.92 Å². The average Bonchev–Trinajstić information content (AvgIpc) is 3.78.